The summed E-state index contributed by atoms with van der Waals surface area (Å²) in [7, 11) is 0. The fraction of sp³-hybridized carbons (Fsp3) is 0.571. The van der Waals surface area contributed by atoms with Gasteiger partial charge in [-0.1, -0.05) is 27.2 Å². The molecule has 3 rings (SSSR count). The van der Waals surface area contributed by atoms with E-state index >= 15 is 0 Å². The Labute approximate surface area is 164 Å². The lowest BCUT2D eigenvalue weighted by atomic mass is 9.69. The summed E-state index contributed by atoms with van der Waals surface area (Å²) in [6.07, 6.45) is 2.90. The van der Waals surface area contributed by atoms with Crippen molar-refractivity contribution in [1.29, 1.82) is 0 Å². The topological polar surface area (TPSA) is 113 Å². The molecule has 7 heteroatoms. The maximum atomic E-state index is 13.6. The predicted octanol–water partition coefficient (Wildman–Crippen LogP) is 2.21. The Kier molecular flexibility index (Phi) is 5.74. The Bertz CT molecular complexity index is 956. The number of hydrogen-bond acceptors (Lipinski definition) is 4. The second-order valence-electron chi connectivity index (χ2n) is 8.40. The normalized spacial score (nSPS) is 22.7. The molecule has 2 aromatic rings. The smallest absolute Gasteiger partial charge is 0.336 e. The highest BCUT2D eigenvalue weighted by Crippen LogP contribution is 2.39. The number of imidazole rings is 1. The number of carbonyl (C=O) groups excluding carboxylic acids is 2. The fourth-order valence-electron chi connectivity index (χ4n) is 4.62. The minimum atomic E-state index is -0.575. The number of amides is 1. The average molecular weight is 386 g/mol. The summed E-state index contributed by atoms with van der Waals surface area (Å²) in [5, 5.41) is 0. The second kappa shape index (κ2) is 7.91. The Morgan fingerprint density at radius 3 is 2.54 bits per heavy atom. The van der Waals surface area contributed by atoms with Gasteiger partial charge in [-0.15, -0.1) is 0 Å². The van der Waals surface area contributed by atoms with Gasteiger partial charge in [-0.05, 0) is 48.8 Å². The number of fused-ring (bicyclic) bond motifs is 1. The van der Waals surface area contributed by atoms with Crippen molar-refractivity contribution in [3.8, 4) is 0 Å². The molecule has 0 bridgehead atoms. The van der Waals surface area contributed by atoms with Crippen LogP contribution in [0.3, 0.4) is 0 Å². The molecule has 1 fully saturated rings. The molecule has 1 saturated carbocycles. The first-order valence-corrected chi connectivity index (χ1v) is 10.1. The van der Waals surface area contributed by atoms with Crippen LogP contribution in [0.25, 0.3) is 11.0 Å². The SMILES string of the molecule is CC1CCC(C(C)C)C(C(=O)n2c(=O)n(CCN)c3cc(C(N)=O)ccc32)C1. The van der Waals surface area contributed by atoms with Gasteiger partial charge < -0.3 is 11.5 Å². The first kappa shape index (κ1) is 20.3. The molecule has 1 amide bonds. The molecular formula is C21H30N4O3. The van der Waals surface area contributed by atoms with E-state index in [1.807, 2.05) is 0 Å². The van der Waals surface area contributed by atoms with Gasteiger partial charge in [0.05, 0.1) is 11.0 Å². The Morgan fingerprint density at radius 1 is 1.21 bits per heavy atom. The molecule has 28 heavy (non-hydrogen) atoms. The number of nitrogens with two attached hydrogens (primary N) is 2. The summed E-state index contributed by atoms with van der Waals surface area (Å²) < 4.78 is 2.75. The summed E-state index contributed by atoms with van der Waals surface area (Å²) in [5.74, 6) is 0.175. The lowest BCUT2D eigenvalue weighted by Crippen LogP contribution is -2.40. The third kappa shape index (κ3) is 3.51. The van der Waals surface area contributed by atoms with Crippen molar-refractivity contribution in [1.82, 2.24) is 9.13 Å². The zero-order chi connectivity index (χ0) is 20.6. The van der Waals surface area contributed by atoms with Gasteiger partial charge in [-0.3, -0.25) is 14.2 Å². The van der Waals surface area contributed by atoms with Crippen LogP contribution >= 0.6 is 0 Å². The van der Waals surface area contributed by atoms with Gasteiger partial charge in [0.25, 0.3) is 0 Å². The number of hydrogen-bond donors (Lipinski definition) is 2. The van der Waals surface area contributed by atoms with Crippen molar-refractivity contribution in [3.05, 3.63) is 34.2 Å². The van der Waals surface area contributed by atoms with Crippen molar-refractivity contribution in [2.24, 2.45) is 35.1 Å². The van der Waals surface area contributed by atoms with E-state index in [2.05, 4.69) is 20.8 Å². The van der Waals surface area contributed by atoms with E-state index in [9.17, 15) is 14.4 Å². The molecule has 1 aliphatic carbocycles. The lowest BCUT2D eigenvalue weighted by Gasteiger charge is -2.36. The van der Waals surface area contributed by atoms with Crippen molar-refractivity contribution < 1.29 is 9.59 Å². The average Bonchev–Trinajstić information content (AvgIpc) is 2.92. The minimum absolute atomic E-state index is 0.150. The molecule has 3 unspecified atom stereocenters. The third-order valence-electron chi connectivity index (χ3n) is 6.13. The second-order valence-corrected chi connectivity index (χ2v) is 8.40. The highest BCUT2D eigenvalue weighted by atomic mass is 16.2. The molecule has 0 radical (unpaired) electrons. The maximum Gasteiger partial charge on any atom is 0.336 e. The maximum absolute atomic E-state index is 13.6. The predicted molar refractivity (Wildman–Crippen MR) is 109 cm³/mol. The molecule has 4 N–H and O–H groups in total. The minimum Gasteiger partial charge on any atom is -0.366 e. The van der Waals surface area contributed by atoms with Crippen molar-refractivity contribution in [2.45, 2.75) is 46.6 Å². The summed E-state index contributed by atoms with van der Waals surface area (Å²) >= 11 is 0. The molecule has 0 saturated heterocycles. The van der Waals surface area contributed by atoms with Crippen molar-refractivity contribution in [3.63, 3.8) is 0 Å². The molecule has 1 heterocycles. The van der Waals surface area contributed by atoms with Gasteiger partial charge >= 0.3 is 5.69 Å². The van der Waals surface area contributed by atoms with Gasteiger partial charge in [0.2, 0.25) is 11.8 Å². The Hall–Kier alpha value is -2.41. The zero-order valence-electron chi connectivity index (χ0n) is 16.9. The van der Waals surface area contributed by atoms with Crippen LogP contribution in [-0.4, -0.2) is 27.5 Å². The largest absolute Gasteiger partial charge is 0.366 e. The van der Waals surface area contributed by atoms with Crippen LogP contribution in [0.1, 0.15) is 55.2 Å². The Balaban J connectivity index is 2.16. The molecule has 0 aliphatic heterocycles. The summed E-state index contributed by atoms with van der Waals surface area (Å²) in [6, 6.07) is 4.77. The fourth-order valence-corrected chi connectivity index (χ4v) is 4.62. The monoisotopic (exact) mass is 386 g/mol. The Morgan fingerprint density at radius 2 is 1.93 bits per heavy atom. The van der Waals surface area contributed by atoms with Crippen LogP contribution in [0.15, 0.2) is 23.0 Å². The van der Waals surface area contributed by atoms with Gasteiger partial charge in [-0.2, -0.15) is 0 Å². The quantitative estimate of drug-likeness (QED) is 0.820. The van der Waals surface area contributed by atoms with Crippen LogP contribution in [0.5, 0.6) is 0 Å². The van der Waals surface area contributed by atoms with E-state index in [0.717, 1.165) is 19.3 Å². The standard InChI is InChI=1S/C21H30N4O3/c1-12(2)15-6-4-13(3)10-16(15)20(27)25-17-7-5-14(19(23)26)11-18(17)24(9-8-22)21(25)28/h5,7,11-13,15-16H,4,6,8-10,22H2,1-3H3,(H2,23,26). The van der Waals surface area contributed by atoms with Gasteiger partial charge in [0.15, 0.2) is 0 Å². The van der Waals surface area contributed by atoms with Crippen LogP contribution < -0.4 is 17.2 Å². The van der Waals surface area contributed by atoms with Crippen LogP contribution in [0.4, 0.5) is 0 Å². The van der Waals surface area contributed by atoms with E-state index in [0.29, 0.717) is 28.4 Å². The first-order chi connectivity index (χ1) is 13.3. The van der Waals surface area contributed by atoms with Crippen LogP contribution in [0, 0.1) is 23.7 Å². The van der Waals surface area contributed by atoms with E-state index in [1.54, 1.807) is 18.2 Å². The lowest BCUT2D eigenvalue weighted by molar-refractivity contribution is 0.0633. The van der Waals surface area contributed by atoms with Crippen molar-refractivity contribution >= 4 is 22.8 Å². The number of aromatic nitrogens is 2. The van der Waals surface area contributed by atoms with E-state index < -0.39 is 11.6 Å². The highest BCUT2D eigenvalue weighted by molar-refractivity contribution is 5.98. The molecule has 0 spiro atoms. The molecule has 1 aromatic carbocycles. The molecule has 3 atom stereocenters. The van der Waals surface area contributed by atoms with E-state index in [4.69, 9.17) is 11.5 Å². The van der Waals surface area contributed by atoms with Gasteiger partial charge in [0.1, 0.15) is 0 Å². The number of nitrogens with zero attached hydrogens (tertiary/aromatic N) is 2. The van der Waals surface area contributed by atoms with Crippen LogP contribution in [-0.2, 0) is 6.54 Å². The molecule has 152 valence electrons. The van der Waals surface area contributed by atoms with Crippen LogP contribution in [0.2, 0.25) is 0 Å². The molecular weight excluding hydrogens is 356 g/mol. The highest BCUT2D eigenvalue weighted by Gasteiger charge is 2.37. The number of carbonyl (C=O) groups is 2. The van der Waals surface area contributed by atoms with E-state index in [-0.39, 0.29) is 30.8 Å². The molecule has 7 nitrogen and oxygen atoms in total. The number of primary amides is 1. The summed E-state index contributed by atoms with van der Waals surface area (Å²) in [5.41, 5.74) is 12.0. The third-order valence-corrected chi connectivity index (χ3v) is 6.13. The van der Waals surface area contributed by atoms with E-state index in [1.165, 1.54) is 9.13 Å². The summed E-state index contributed by atoms with van der Waals surface area (Å²) in [6.45, 7) is 6.97. The first-order valence-electron chi connectivity index (χ1n) is 10.1. The molecule has 1 aliphatic rings. The summed E-state index contributed by atoms with van der Waals surface area (Å²) in [4.78, 5) is 38.3. The molecule has 1 aromatic heterocycles. The van der Waals surface area contributed by atoms with Crippen molar-refractivity contribution in [2.75, 3.05) is 6.54 Å². The van der Waals surface area contributed by atoms with Gasteiger partial charge in [0, 0.05) is 24.6 Å². The number of rotatable bonds is 5. The zero-order valence-corrected chi connectivity index (χ0v) is 16.9. The number of benzene rings is 1. The van der Waals surface area contributed by atoms with Gasteiger partial charge in [-0.25, -0.2) is 9.36 Å².